The molecule has 124 valence electrons. The minimum absolute atomic E-state index is 0.156. The van der Waals surface area contributed by atoms with Crippen LogP contribution in [0, 0.1) is 6.92 Å². The van der Waals surface area contributed by atoms with E-state index in [1.165, 1.54) is 12.8 Å². The third kappa shape index (κ3) is 5.57. The average Bonchev–Trinajstić information content (AvgIpc) is 3.13. The van der Waals surface area contributed by atoms with Gasteiger partial charge in [-0.25, -0.2) is 0 Å². The molecule has 4 nitrogen and oxygen atoms in total. The first-order valence-electron chi connectivity index (χ1n) is 7.67. The summed E-state index contributed by atoms with van der Waals surface area (Å²) in [6.45, 7) is 5.03. The van der Waals surface area contributed by atoms with Gasteiger partial charge in [-0.15, -0.1) is 0 Å². The van der Waals surface area contributed by atoms with Crippen LogP contribution >= 0.6 is 11.8 Å². The van der Waals surface area contributed by atoms with E-state index < -0.39 is 10.1 Å². The third-order valence-corrected chi connectivity index (χ3v) is 6.12. The molecule has 0 aliphatic carbocycles. The zero-order chi connectivity index (χ0) is 16.0. The Morgan fingerprint density at radius 3 is 2.41 bits per heavy atom. The molecule has 2 aliphatic rings. The van der Waals surface area contributed by atoms with Crippen molar-refractivity contribution >= 4 is 21.9 Å². The van der Waals surface area contributed by atoms with Crippen molar-refractivity contribution in [2.24, 2.45) is 0 Å². The van der Waals surface area contributed by atoms with Crippen molar-refractivity contribution < 1.29 is 17.3 Å². The van der Waals surface area contributed by atoms with E-state index in [0.717, 1.165) is 30.1 Å². The molecule has 0 aromatic heterocycles. The maximum Gasteiger partial charge on any atom is 0.297 e. The molecular weight excluding hydrogens is 320 g/mol. The SMILES string of the molecule is CC1CCCO1.Cc1ccc(S(=O)(=O)OC2CCSC2)cc1. The Morgan fingerprint density at radius 1 is 1.23 bits per heavy atom. The van der Waals surface area contributed by atoms with Crippen molar-refractivity contribution in [3.63, 3.8) is 0 Å². The maximum atomic E-state index is 11.9. The number of benzene rings is 1. The summed E-state index contributed by atoms with van der Waals surface area (Å²) in [7, 11) is -3.57. The van der Waals surface area contributed by atoms with Crippen molar-refractivity contribution in [1.82, 2.24) is 0 Å². The van der Waals surface area contributed by atoms with E-state index in [4.69, 9.17) is 8.92 Å². The fourth-order valence-corrected chi connectivity index (χ4v) is 4.55. The van der Waals surface area contributed by atoms with E-state index in [9.17, 15) is 8.42 Å². The van der Waals surface area contributed by atoms with Crippen molar-refractivity contribution in [2.75, 3.05) is 18.1 Å². The molecule has 6 heteroatoms. The van der Waals surface area contributed by atoms with Gasteiger partial charge in [0.25, 0.3) is 10.1 Å². The lowest BCUT2D eigenvalue weighted by Crippen LogP contribution is -2.17. The predicted molar refractivity (Wildman–Crippen MR) is 89.8 cm³/mol. The minimum atomic E-state index is -3.57. The highest BCUT2D eigenvalue weighted by molar-refractivity contribution is 7.99. The van der Waals surface area contributed by atoms with Crippen LogP contribution in [0.25, 0.3) is 0 Å². The first-order valence-corrected chi connectivity index (χ1v) is 10.2. The Hall–Kier alpha value is -0.560. The quantitative estimate of drug-likeness (QED) is 0.787. The molecule has 2 aliphatic heterocycles. The van der Waals surface area contributed by atoms with E-state index >= 15 is 0 Å². The Labute approximate surface area is 137 Å². The van der Waals surface area contributed by atoms with Gasteiger partial charge in [0.2, 0.25) is 0 Å². The molecule has 1 aromatic rings. The molecule has 0 radical (unpaired) electrons. The average molecular weight is 344 g/mol. The molecule has 2 fully saturated rings. The third-order valence-electron chi connectivity index (χ3n) is 3.62. The highest BCUT2D eigenvalue weighted by atomic mass is 32.2. The predicted octanol–water partition coefficient (Wildman–Crippen LogP) is 3.39. The molecule has 0 spiro atoms. The normalized spacial score (nSPS) is 24.8. The summed E-state index contributed by atoms with van der Waals surface area (Å²) in [6.07, 6.45) is 3.73. The van der Waals surface area contributed by atoms with Crippen LogP contribution in [0.4, 0.5) is 0 Å². The van der Waals surface area contributed by atoms with Crippen molar-refractivity contribution in [2.45, 2.75) is 50.2 Å². The molecule has 22 heavy (non-hydrogen) atoms. The summed E-state index contributed by atoms with van der Waals surface area (Å²) in [4.78, 5) is 0.245. The van der Waals surface area contributed by atoms with Gasteiger partial charge in [-0.3, -0.25) is 4.18 Å². The summed E-state index contributed by atoms with van der Waals surface area (Å²) >= 11 is 1.73. The maximum absolute atomic E-state index is 11.9. The largest absolute Gasteiger partial charge is 0.379 e. The van der Waals surface area contributed by atoms with Crippen molar-refractivity contribution in [3.05, 3.63) is 29.8 Å². The lowest BCUT2D eigenvalue weighted by molar-refractivity contribution is 0.125. The minimum Gasteiger partial charge on any atom is -0.379 e. The molecule has 0 amide bonds. The number of hydrogen-bond acceptors (Lipinski definition) is 5. The zero-order valence-corrected chi connectivity index (χ0v) is 14.8. The smallest absolute Gasteiger partial charge is 0.297 e. The fourth-order valence-electron chi connectivity index (χ4n) is 2.27. The number of ether oxygens (including phenoxy) is 1. The van der Waals surface area contributed by atoms with Crippen molar-refractivity contribution in [3.8, 4) is 0 Å². The van der Waals surface area contributed by atoms with Gasteiger partial charge < -0.3 is 4.74 Å². The van der Waals surface area contributed by atoms with Gasteiger partial charge in [-0.05, 0) is 51.0 Å². The molecule has 2 atom stereocenters. The number of hydrogen-bond donors (Lipinski definition) is 0. The molecule has 2 saturated heterocycles. The van der Waals surface area contributed by atoms with E-state index in [2.05, 4.69) is 6.92 Å². The molecule has 3 rings (SSSR count). The van der Waals surface area contributed by atoms with E-state index in [1.807, 2.05) is 6.92 Å². The van der Waals surface area contributed by atoms with Crippen LogP contribution < -0.4 is 0 Å². The van der Waals surface area contributed by atoms with Crippen LogP contribution in [0.1, 0.15) is 31.7 Å². The van der Waals surface area contributed by atoms with Crippen molar-refractivity contribution in [1.29, 1.82) is 0 Å². The standard InChI is InChI=1S/C11H14O3S2.C5H10O/c1-9-2-4-11(5-3-9)16(12,13)14-10-6-7-15-8-10;1-5-3-2-4-6-5/h2-5,10H,6-8H2,1H3;5H,2-4H2,1H3. The zero-order valence-electron chi connectivity index (χ0n) is 13.2. The Morgan fingerprint density at radius 2 is 1.95 bits per heavy atom. The van der Waals surface area contributed by atoms with Crippen LogP contribution in [0.3, 0.4) is 0 Å². The Bertz CT molecular complexity index is 542. The molecule has 0 N–H and O–H groups in total. The monoisotopic (exact) mass is 344 g/mol. The summed E-state index contributed by atoms with van der Waals surface area (Å²) in [5.74, 6) is 1.75. The van der Waals surface area contributed by atoms with E-state index in [0.29, 0.717) is 6.10 Å². The fraction of sp³-hybridized carbons (Fsp3) is 0.625. The topological polar surface area (TPSA) is 52.6 Å². The lowest BCUT2D eigenvalue weighted by Gasteiger charge is -2.10. The van der Waals surface area contributed by atoms with Crippen LogP contribution in [-0.2, 0) is 19.0 Å². The molecule has 0 saturated carbocycles. The first kappa shape index (κ1) is 17.8. The second-order valence-corrected chi connectivity index (χ2v) is 8.39. The molecule has 0 bridgehead atoms. The van der Waals surface area contributed by atoms with Gasteiger partial charge in [-0.2, -0.15) is 20.2 Å². The van der Waals surface area contributed by atoms with E-state index in [-0.39, 0.29) is 11.0 Å². The summed E-state index contributed by atoms with van der Waals surface area (Å²) in [5, 5.41) is 0. The molecule has 2 unspecified atom stereocenters. The van der Waals surface area contributed by atoms with Crippen LogP contribution in [0.2, 0.25) is 0 Å². The first-order chi connectivity index (χ1) is 10.5. The van der Waals surface area contributed by atoms with Gasteiger partial charge in [-0.1, -0.05) is 17.7 Å². The second kappa shape index (κ2) is 8.34. The van der Waals surface area contributed by atoms with Crippen LogP contribution in [-0.4, -0.2) is 38.7 Å². The summed E-state index contributed by atoms with van der Waals surface area (Å²) in [6, 6.07) is 6.73. The summed E-state index contributed by atoms with van der Waals surface area (Å²) < 4.78 is 34.1. The van der Waals surface area contributed by atoms with Gasteiger partial charge >= 0.3 is 0 Å². The lowest BCUT2D eigenvalue weighted by atomic mass is 10.2. The van der Waals surface area contributed by atoms with Gasteiger partial charge in [0, 0.05) is 12.4 Å². The van der Waals surface area contributed by atoms with Gasteiger partial charge in [0.15, 0.2) is 0 Å². The molecular formula is C16H24O4S2. The van der Waals surface area contributed by atoms with Gasteiger partial charge in [0.05, 0.1) is 17.1 Å². The van der Waals surface area contributed by atoms with Crippen LogP contribution in [0.15, 0.2) is 29.2 Å². The molecule has 2 heterocycles. The van der Waals surface area contributed by atoms with Crippen LogP contribution in [0.5, 0.6) is 0 Å². The second-order valence-electron chi connectivity index (χ2n) is 5.67. The number of aryl methyl sites for hydroxylation is 1. The highest BCUT2D eigenvalue weighted by Crippen LogP contribution is 2.24. The molecule has 1 aromatic carbocycles. The number of rotatable bonds is 3. The van der Waals surface area contributed by atoms with E-state index in [1.54, 1.807) is 36.0 Å². The summed E-state index contributed by atoms with van der Waals surface area (Å²) in [5.41, 5.74) is 1.04. The Kier molecular flexibility index (Phi) is 6.74. The van der Waals surface area contributed by atoms with Gasteiger partial charge in [0.1, 0.15) is 0 Å². The number of thioether (sulfide) groups is 1. The Balaban J connectivity index is 0.000000246. The highest BCUT2D eigenvalue weighted by Gasteiger charge is 2.24.